The molecule has 1 heterocycles. The molecule has 0 radical (unpaired) electrons. The summed E-state index contributed by atoms with van der Waals surface area (Å²) in [4.78, 5) is 8.22. The van der Waals surface area contributed by atoms with E-state index in [4.69, 9.17) is 4.74 Å². The highest BCUT2D eigenvalue weighted by molar-refractivity contribution is 5.57. The van der Waals surface area contributed by atoms with Crippen LogP contribution in [0.3, 0.4) is 0 Å². The van der Waals surface area contributed by atoms with Crippen molar-refractivity contribution < 1.29 is 9.13 Å². The van der Waals surface area contributed by atoms with Crippen LogP contribution >= 0.6 is 0 Å². The van der Waals surface area contributed by atoms with E-state index in [0.717, 1.165) is 11.4 Å². The molecule has 4 nitrogen and oxygen atoms in total. The molecule has 0 fully saturated rings. The van der Waals surface area contributed by atoms with Gasteiger partial charge in [-0.15, -0.1) is 0 Å². The summed E-state index contributed by atoms with van der Waals surface area (Å²) in [7, 11) is 1.51. The van der Waals surface area contributed by atoms with Gasteiger partial charge in [-0.3, -0.25) is 9.97 Å². The number of ether oxygens (including phenoxy) is 1. The molecule has 0 bridgehead atoms. The molecule has 0 aliphatic heterocycles. The van der Waals surface area contributed by atoms with Gasteiger partial charge in [0.2, 0.25) is 0 Å². The molecule has 0 saturated carbocycles. The molecule has 0 amide bonds. The molecule has 0 aliphatic rings. The topological polar surface area (TPSA) is 47.0 Å². The molecular formula is C13H14FN3O. The molecule has 0 spiro atoms. The van der Waals surface area contributed by atoms with Crippen LogP contribution in [0.1, 0.15) is 18.7 Å². The molecule has 0 aliphatic carbocycles. The normalized spacial score (nSPS) is 11.9. The number of methoxy groups -OCH3 is 1. The van der Waals surface area contributed by atoms with Gasteiger partial charge in [-0.2, -0.15) is 0 Å². The number of halogens is 1. The molecule has 1 aromatic carbocycles. The zero-order valence-corrected chi connectivity index (χ0v) is 10.2. The molecule has 2 aromatic rings. The third-order valence-electron chi connectivity index (χ3n) is 2.56. The summed E-state index contributed by atoms with van der Waals surface area (Å²) in [5.74, 6) is 0.135. The van der Waals surface area contributed by atoms with Gasteiger partial charge < -0.3 is 10.1 Å². The van der Waals surface area contributed by atoms with Crippen LogP contribution in [-0.2, 0) is 0 Å². The maximum Gasteiger partial charge on any atom is 0.144 e. The van der Waals surface area contributed by atoms with E-state index in [1.54, 1.807) is 24.7 Å². The highest BCUT2D eigenvalue weighted by atomic mass is 19.1. The number of aromatic nitrogens is 2. The van der Waals surface area contributed by atoms with Gasteiger partial charge in [0, 0.05) is 18.5 Å². The first-order valence-electron chi connectivity index (χ1n) is 5.56. The van der Waals surface area contributed by atoms with E-state index in [1.165, 1.54) is 19.2 Å². The van der Waals surface area contributed by atoms with E-state index in [1.807, 2.05) is 6.92 Å². The van der Waals surface area contributed by atoms with E-state index in [9.17, 15) is 4.39 Å². The maximum atomic E-state index is 13.1. The monoisotopic (exact) mass is 247 g/mol. The predicted octanol–water partition coefficient (Wildman–Crippen LogP) is 2.80. The van der Waals surface area contributed by atoms with Crippen LogP contribution in [0.5, 0.6) is 5.75 Å². The van der Waals surface area contributed by atoms with Crippen molar-refractivity contribution in [1.82, 2.24) is 9.97 Å². The number of anilines is 1. The Morgan fingerprint density at radius 1 is 1.33 bits per heavy atom. The Hall–Kier alpha value is -2.17. The zero-order chi connectivity index (χ0) is 13.0. The minimum Gasteiger partial charge on any atom is -0.494 e. The van der Waals surface area contributed by atoms with Gasteiger partial charge in [0.05, 0.1) is 30.7 Å². The first kappa shape index (κ1) is 12.3. The van der Waals surface area contributed by atoms with Crippen molar-refractivity contribution >= 4 is 5.69 Å². The Morgan fingerprint density at radius 3 is 2.83 bits per heavy atom. The first-order valence-corrected chi connectivity index (χ1v) is 5.56. The van der Waals surface area contributed by atoms with Crippen molar-refractivity contribution in [3.8, 4) is 5.75 Å². The quantitative estimate of drug-likeness (QED) is 0.902. The second kappa shape index (κ2) is 5.44. The third-order valence-corrected chi connectivity index (χ3v) is 2.56. The number of nitrogens with zero attached hydrogens (tertiary/aromatic N) is 2. The Bertz CT molecular complexity index is 519. The van der Waals surface area contributed by atoms with Gasteiger partial charge in [-0.05, 0) is 19.1 Å². The largest absolute Gasteiger partial charge is 0.494 e. The first-order chi connectivity index (χ1) is 8.70. The summed E-state index contributed by atoms with van der Waals surface area (Å²) in [5, 5.41) is 3.21. The second-order valence-corrected chi connectivity index (χ2v) is 3.84. The predicted molar refractivity (Wildman–Crippen MR) is 67.0 cm³/mol. The van der Waals surface area contributed by atoms with Gasteiger partial charge >= 0.3 is 0 Å². The molecule has 1 atom stereocenters. The molecule has 2 rings (SSSR count). The molecule has 5 heteroatoms. The van der Waals surface area contributed by atoms with E-state index in [-0.39, 0.29) is 11.9 Å². The Labute approximate surface area is 105 Å². The van der Waals surface area contributed by atoms with Crippen LogP contribution in [0.4, 0.5) is 10.1 Å². The van der Waals surface area contributed by atoms with Crippen LogP contribution in [0, 0.1) is 5.82 Å². The molecule has 1 aromatic heterocycles. The summed E-state index contributed by atoms with van der Waals surface area (Å²) in [6.45, 7) is 1.95. The lowest BCUT2D eigenvalue weighted by Crippen LogP contribution is -2.09. The number of hydrogen-bond acceptors (Lipinski definition) is 4. The summed E-state index contributed by atoms with van der Waals surface area (Å²) >= 11 is 0. The van der Waals surface area contributed by atoms with Crippen LogP contribution in [0.15, 0.2) is 36.8 Å². The highest BCUT2D eigenvalue weighted by Gasteiger charge is 2.10. The summed E-state index contributed by atoms with van der Waals surface area (Å²) in [6, 6.07) is 4.32. The average Bonchev–Trinajstić information content (AvgIpc) is 2.41. The zero-order valence-electron chi connectivity index (χ0n) is 10.2. The molecule has 18 heavy (non-hydrogen) atoms. The number of benzene rings is 1. The van der Waals surface area contributed by atoms with Gasteiger partial charge in [-0.25, -0.2) is 4.39 Å². The van der Waals surface area contributed by atoms with E-state index in [2.05, 4.69) is 15.3 Å². The molecule has 1 unspecified atom stereocenters. The van der Waals surface area contributed by atoms with Crippen LogP contribution in [0.2, 0.25) is 0 Å². The van der Waals surface area contributed by atoms with Crippen LogP contribution in [-0.4, -0.2) is 17.1 Å². The Balaban J connectivity index is 2.19. The van der Waals surface area contributed by atoms with Crippen LogP contribution in [0.25, 0.3) is 0 Å². The van der Waals surface area contributed by atoms with E-state index >= 15 is 0 Å². The van der Waals surface area contributed by atoms with Crippen molar-refractivity contribution in [2.45, 2.75) is 13.0 Å². The van der Waals surface area contributed by atoms with Crippen molar-refractivity contribution in [2.24, 2.45) is 0 Å². The summed E-state index contributed by atoms with van der Waals surface area (Å²) in [5.41, 5.74) is 1.53. The van der Waals surface area contributed by atoms with E-state index in [0.29, 0.717) is 5.75 Å². The van der Waals surface area contributed by atoms with Crippen molar-refractivity contribution in [3.63, 3.8) is 0 Å². The van der Waals surface area contributed by atoms with Gasteiger partial charge in [0.1, 0.15) is 11.6 Å². The van der Waals surface area contributed by atoms with Gasteiger partial charge in [0.15, 0.2) is 0 Å². The SMILES string of the molecule is COc1cc(F)ccc1NC(C)c1cnccn1. The van der Waals surface area contributed by atoms with Gasteiger partial charge in [0.25, 0.3) is 0 Å². The molecule has 94 valence electrons. The molecule has 0 saturated heterocycles. The summed E-state index contributed by atoms with van der Waals surface area (Å²) < 4.78 is 18.2. The van der Waals surface area contributed by atoms with Crippen LogP contribution < -0.4 is 10.1 Å². The fourth-order valence-corrected chi connectivity index (χ4v) is 1.63. The molecular weight excluding hydrogens is 233 g/mol. The fraction of sp³-hybridized carbons (Fsp3) is 0.231. The minimum absolute atomic E-state index is 0.0435. The fourth-order valence-electron chi connectivity index (χ4n) is 1.63. The standard InChI is InChI=1S/C13H14FN3O/c1-9(12-8-15-5-6-16-12)17-11-4-3-10(14)7-13(11)18-2/h3-9,17H,1-2H3. The lowest BCUT2D eigenvalue weighted by molar-refractivity contribution is 0.412. The summed E-state index contributed by atoms with van der Waals surface area (Å²) in [6.07, 6.45) is 4.94. The van der Waals surface area contributed by atoms with Crippen molar-refractivity contribution in [3.05, 3.63) is 48.3 Å². The number of hydrogen-bond donors (Lipinski definition) is 1. The highest BCUT2D eigenvalue weighted by Crippen LogP contribution is 2.28. The van der Waals surface area contributed by atoms with E-state index < -0.39 is 0 Å². The average molecular weight is 247 g/mol. The second-order valence-electron chi connectivity index (χ2n) is 3.84. The Morgan fingerprint density at radius 2 is 2.17 bits per heavy atom. The maximum absolute atomic E-state index is 13.1. The third kappa shape index (κ3) is 2.74. The number of nitrogens with one attached hydrogen (secondary N) is 1. The Kier molecular flexibility index (Phi) is 3.72. The number of rotatable bonds is 4. The van der Waals surface area contributed by atoms with Crippen molar-refractivity contribution in [1.29, 1.82) is 0 Å². The minimum atomic E-state index is -0.329. The van der Waals surface area contributed by atoms with Gasteiger partial charge in [-0.1, -0.05) is 0 Å². The van der Waals surface area contributed by atoms with Crippen molar-refractivity contribution in [2.75, 3.05) is 12.4 Å². The molecule has 1 N–H and O–H groups in total. The lowest BCUT2D eigenvalue weighted by Gasteiger charge is -2.16. The smallest absolute Gasteiger partial charge is 0.144 e. The lowest BCUT2D eigenvalue weighted by atomic mass is 10.2.